The number of rotatable bonds is 9. The van der Waals surface area contributed by atoms with Crippen LogP contribution in [0.5, 0.6) is 0 Å². The van der Waals surface area contributed by atoms with E-state index in [-0.39, 0.29) is 5.97 Å². The lowest BCUT2D eigenvalue weighted by Crippen LogP contribution is -1.93. The molecule has 88 valence electrons. The molecule has 0 aromatic rings. The smallest absolute Gasteiger partial charge is 0.330 e. The summed E-state index contributed by atoms with van der Waals surface area (Å²) in [6.07, 6.45) is 11.6. The fourth-order valence-electron chi connectivity index (χ4n) is 1.31. The van der Waals surface area contributed by atoms with Gasteiger partial charge in [0, 0.05) is 12.0 Å². The van der Waals surface area contributed by atoms with Gasteiger partial charge in [0.15, 0.2) is 0 Å². The fraction of sp³-hybridized carbons (Fsp3) is 0.750. The van der Waals surface area contributed by atoms with E-state index in [4.69, 9.17) is 11.6 Å². The first kappa shape index (κ1) is 14.5. The van der Waals surface area contributed by atoms with Gasteiger partial charge in [-0.15, -0.1) is 11.6 Å². The Balaban J connectivity index is 3.11. The van der Waals surface area contributed by atoms with Gasteiger partial charge in [0.25, 0.3) is 0 Å². The third-order valence-corrected chi connectivity index (χ3v) is 2.48. The number of halogens is 1. The lowest BCUT2D eigenvalue weighted by Gasteiger charge is -1.98. The summed E-state index contributed by atoms with van der Waals surface area (Å²) in [6, 6.07) is 0. The van der Waals surface area contributed by atoms with Crippen LogP contribution in [0.4, 0.5) is 0 Å². The Labute approximate surface area is 97.6 Å². The summed E-state index contributed by atoms with van der Waals surface area (Å²) < 4.78 is 4.48. The van der Waals surface area contributed by atoms with Gasteiger partial charge >= 0.3 is 5.97 Å². The molecule has 0 aromatic heterocycles. The van der Waals surface area contributed by atoms with Crippen LogP contribution in [0.2, 0.25) is 0 Å². The van der Waals surface area contributed by atoms with E-state index in [0.717, 1.165) is 25.1 Å². The zero-order chi connectivity index (χ0) is 11.4. The highest BCUT2D eigenvalue weighted by Gasteiger charge is 1.91. The largest absolute Gasteiger partial charge is 0.466 e. The van der Waals surface area contributed by atoms with Crippen molar-refractivity contribution in [2.45, 2.75) is 44.9 Å². The number of esters is 1. The molecule has 0 bridgehead atoms. The first-order chi connectivity index (χ1) is 7.31. The van der Waals surface area contributed by atoms with E-state index >= 15 is 0 Å². The van der Waals surface area contributed by atoms with Crippen molar-refractivity contribution in [3.8, 4) is 0 Å². The third-order valence-electron chi connectivity index (χ3n) is 2.21. The van der Waals surface area contributed by atoms with Crippen LogP contribution < -0.4 is 0 Å². The first-order valence-electron chi connectivity index (χ1n) is 5.61. The van der Waals surface area contributed by atoms with Crippen LogP contribution in [-0.4, -0.2) is 19.0 Å². The van der Waals surface area contributed by atoms with E-state index < -0.39 is 0 Å². The van der Waals surface area contributed by atoms with Gasteiger partial charge in [0.05, 0.1) is 7.11 Å². The van der Waals surface area contributed by atoms with Gasteiger partial charge in [-0.05, 0) is 19.3 Å². The van der Waals surface area contributed by atoms with Crippen molar-refractivity contribution in [3.05, 3.63) is 12.2 Å². The van der Waals surface area contributed by atoms with E-state index in [9.17, 15) is 4.79 Å². The number of methoxy groups -OCH3 is 1. The Morgan fingerprint density at radius 2 is 1.73 bits per heavy atom. The highest BCUT2D eigenvalue weighted by molar-refractivity contribution is 6.17. The van der Waals surface area contributed by atoms with Crippen LogP contribution in [0.3, 0.4) is 0 Å². The molecule has 0 spiro atoms. The molecule has 0 saturated heterocycles. The van der Waals surface area contributed by atoms with Crippen molar-refractivity contribution in [2.75, 3.05) is 13.0 Å². The summed E-state index contributed by atoms with van der Waals surface area (Å²) in [5.41, 5.74) is 0. The zero-order valence-corrected chi connectivity index (χ0v) is 10.3. The maximum Gasteiger partial charge on any atom is 0.330 e. The number of hydrogen-bond acceptors (Lipinski definition) is 2. The van der Waals surface area contributed by atoms with E-state index in [2.05, 4.69) is 4.74 Å². The van der Waals surface area contributed by atoms with Gasteiger partial charge in [-0.2, -0.15) is 0 Å². The molecule has 0 aliphatic carbocycles. The van der Waals surface area contributed by atoms with Crippen molar-refractivity contribution in [1.82, 2.24) is 0 Å². The van der Waals surface area contributed by atoms with Crippen LogP contribution in [0.15, 0.2) is 12.2 Å². The Bertz CT molecular complexity index is 178. The van der Waals surface area contributed by atoms with E-state index in [0.29, 0.717) is 0 Å². The van der Waals surface area contributed by atoms with Crippen LogP contribution in [0, 0.1) is 0 Å². The number of carbonyl (C=O) groups excluding carboxylic acids is 1. The second-order valence-electron chi connectivity index (χ2n) is 3.52. The second-order valence-corrected chi connectivity index (χ2v) is 3.90. The molecule has 3 heteroatoms. The lowest BCUT2D eigenvalue weighted by atomic mass is 10.1. The van der Waals surface area contributed by atoms with Gasteiger partial charge in [-0.3, -0.25) is 0 Å². The normalized spacial score (nSPS) is 10.8. The van der Waals surface area contributed by atoms with Gasteiger partial charge in [0.1, 0.15) is 0 Å². The molecular formula is C12H21ClO2. The highest BCUT2D eigenvalue weighted by Crippen LogP contribution is 2.07. The van der Waals surface area contributed by atoms with Crippen LogP contribution in [-0.2, 0) is 9.53 Å². The SMILES string of the molecule is COC(=O)/C=C/CCCCCCCCCl. The molecular weight excluding hydrogens is 212 g/mol. The lowest BCUT2D eigenvalue weighted by molar-refractivity contribution is -0.134. The minimum atomic E-state index is -0.267. The molecule has 0 radical (unpaired) electrons. The summed E-state index contributed by atoms with van der Waals surface area (Å²) in [5, 5.41) is 0. The molecule has 0 aliphatic heterocycles. The van der Waals surface area contributed by atoms with Crippen molar-refractivity contribution in [2.24, 2.45) is 0 Å². The minimum absolute atomic E-state index is 0.267. The maximum absolute atomic E-state index is 10.7. The summed E-state index contributed by atoms with van der Waals surface area (Å²) in [4.78, 5) is 10.7. The van der Waals surface area contributed by atoms with E-state index in [1.807, 2.05) is 6.08 Å². The van der Waals surface area contributed by atoms with Crippen LogP contribution >= 0.6 is 11.6 Å². The number of allylic oxidation sites excluding steroid dienone is 1. The van der Waals surface area contributed by atoms with E-state index in [1.54, 1.807) is 0 Å². The summed E-state index contributed by atoms with van der Waals surface area (Å²) >= 11 is 5.57. The number of carbonyl (C=O) groups is 1. The second kappa shape index (κ2) is 11.6. The standard InChI is InChI=1S/C12H21ClO2/c1-15-12(14)10-8-6-4-2-3-5-7-9-11-13/h8,10H,2-7,9,11H2,1H3/b10-8+. The average molecular weight is 233 g/mol. The Kier molecular flexibility index (Phi) is 11.2. The average Bonchev–Trinajstić information content (AvgIpc) is 2.26. The molecule has 2 nitrogen and oxygen atoms in total. The fourth-order valence-corrected chi connectivity index (χ4v) is 1.50. The Morgan fingerprint density at radius 3 is 2.33 bits per heavy atom. The van der Waals surface area contributed by atoms with Crippen LogP contribution in [0.25, 0.3) is 0 Å². The predicted octanol–water partition coefficient (Wildman–Crippen LogP) is 3.69. The number of ether oxygens (including phenoxy) is 1. The molecule has 0 atom stereocenters. The minimum Gasteiger partial charge on any atom is -0.466 e. The van der Waals surface area contributed by atoms with Gasteiger partial charge in [0.2, 0.25) is 0 Å². The van der Waals surface area contributed by atoms with Gasteiger partial charge in [-0.1, -0.05) is 31.8 Å². The Morgan fingerprint density at radius 1 is 1.13 bits per heavy atom. The molecule has 0 unspecified atom stereocenters. The van der Waals surface area contributed by atoms with Crippen molar-refractivity contribution < 1.29 is 9.53 Å². The predicted molar refractivity (Wildman–Crippen MR) is 64.2 cm³/mol. The molecule has 0 saturated carbocycles. The third kappa shape index (κ3) is 11.4. The summed E-state index contributed by atoms with van der Waals surface area (Å²) in [6.45, 7) is 0. The number of alkyl halides is 1. The van der Waals surface area contributed by atoms with Crippen LogP contribution in [0.1, 0.15) is 44.9 Å². The molecule has 0 amide bonds. The summed E-state index contributed by atoms with van der Waals surface area (Å²) in [5.74, 6) is 0.513. The molecule has 0 N–H and O–H groups in total. The summed E-state index contributed by atoms with van der Waals surface area (Å²) in [7, 11) is 1.39. The Hall–Kier alpha value is -0.500. The van der Waals surface area contributed by atoms with Gasteiger partial charge in [-0.25, -0.2) is 4.79 Å². The highest BCUT2D eigenvalue weighted by atomic mass is 35.5. The molecule has 0 aromatic carbocycles. The molecule has 0 rings (SSSR count). The molecule has 0 heterocycles. The van der Waals surface area contributed by atoms with Gasteiger partial charge < -0.3 is 4.74 Å². The number of hydrogen-bond donors (Lipinski definition) is 0. The zero-order valence-electron chi connectivity index (χ0n) is 9.51. The topological polar surface area (TPSA) is 26.3 Å². The van der Waals surface area contributed by atoms with Crippen molar-refractivity contribution in [1.29, 1.82) is 0 Å². The quantitative estimate of drug-likeness (QED) is 0.262. The van der Waals surface area contributed by atoms with E-state index in [1.165, 1.54) is 38.9 Å². The number of unbranched alkanes of at least 4 members (excludes halogenated alkanes) is 6. The molecule has 15 heavy (non-hydrogen) atoms. The van der Waals surface area contributed by atoms with Crippen molar-refractivity contribution in [3.63, 3.8) is 0 Å². The van der Waals surface area contributed by atoms with Crippen molar-refractivity contribution >= 4 is 17.6 Å². The molecule has 0 fully saturated rings. The maximum atomic E-state index is 10.7. The molecule has 0 aliphatic rings. The monoisotopic (exact) mass is 232 g/mol. The first-order valence-corrected chi connectivity index (χ1v) is 6.15.